The molecule has 2 heterocycles. The van der Waals surface area contributed by atoms with E-state index in [0.717, 1.165) is 24.0 Å². The lowest BCUT2D eigenvalue weighted by atomic mass is 10.4. The van der Waals surface area contributed by atoms with Crippen molar-refractivity contribution in [2.75, 3.05) is 20.3 Å². The summed E-state index contributed by atoms with van der Waals surface area (Å²) in [6.07, 6.45) is 1.94. The predicted octanol–water partition coefficient (Wildman–Crippen LogP) is 1.44. The van der Waals surface area contributed by atoms with Crippen molar-refractivity contribution in [3.63, 3.8) is 0 Å². The summed E-state index contributed by atoms with van der Waals surface area (Å²) in [4.78, 5) is 4.54. The maximum Gasteiger partial charge on any atom is 0.191 e. The molecule has 0 amide bonds. The van der Waals surface area contributed by atoms with Gasteiger partial charge in [-0.2, -0.15) is 0 Å². The van der Waals surface area contributed by atoms with Gasteiger partial charge in [0.05, 0.1) is 6.61 Å². The maximum absolute atomic E-state index is 5.12. The van der Waals surface area contributed by atoms with Crippen LogP contribution in [0.4, 0.5) is 0 Å². The Hall–Kier alpha value is -1.42. The molecule has 0 fully saturated rings. The van der Waals surface area contributed by atoms with Crippen molar-refractivity contribution in [1.82, 2.24) is 25.2 Å². The van der Waals surface area contributed by atoms with E-state index in [1.165, 1.54) is 0 Å². The first kappa shape index (κ1) is 18.6. The second-order valence-corrected chi connectivity index (χ2v) is 4.74. The van der Waals surface area contributed by atoms with Crippen LogP contribution in [0.1, 0.15) is 19.7 Å². The average Bonchev–Trinajstić information content (AvgIpc) is 2.88. The van der Waals surface area contributed by atoms with Crippen LogP contribution in [-0.2, 0) is 11.3 Å². The van der Waals surface area contributed by atoms with E-state index in [4.69, 9.17) is 4.74 Å². The zero-order valence-corrected chi connectivity index (χ0v) is 15.4. The lowest BCUT2D eigenvalue weighted by Gasteiger charge is -2.16. The minimum atomic E-state index is 0. The molecule has 0 saturated heterocycles. The minimum Gasteiger partial charge on any atom is -0.383 e. The van der Waals surface area contributed by atoms with Crippen LogP contribution in [0.25, 0.3) is 5.65 Å². The van der Waals surface area contributed by atoms with Crippen LogP contribution in [0.2, 0.25) is 0 Å². The number of hydrogen-bond donors (Lipinski definition) is 2. The van der Waals surface area contributed by atoms with Crippen molar-refractivity contribution in [2.45, 2.75) is 26.4 Å². The van der Waals surface area contributed by atoms with Gasteiger partial charge in [0.2, 0.25) is 0 Å². The summed E-state index contributed by atoms with van der Waals surface area (Å²) in [5, 5.41) is 14.8. The monoisotopic (exact) mass is 418 g/mol. The Bertz CT molecular complexity index is 600. The normalized spacial score (nSPS) is 12.8. The molecule has 0 saturated carbocycles. The fraction of sp³-hybridized carbons (Fsp3) is 0.500. The summed E-state index contributed by atoms with van der Waals surface area (Å²) in [6.45, 7) is 5.96. The Morgan fingerprint density at radius 2 is 2.23 bits per heavy atom. The molecular weight excluding hydrogens is 395 g/mol. The highest BCUT2D eigenvalue weighted by atomic mass is 127. The zero-order valence-electron chi connectivity index (χ0n) is 13.1. The number of rotatable bonds is 6. The first-order chi connectivity index (χ1) is 10.2. The summed E-state index contributed by atoms with van der Waals surface area (Å²) in [5.41, 5.74) is 0.827. The highest BCUT2D eigenvalue weighted by molar-refractivity contribution is 14.0. The van der Waals surface area contributed by atoms with Crippen LogP contribution < -0.4 is 10.6 Å². The van der Waals surface area contributed by atoms with Crippen LogP contribution in [0.15, 0.2) is 29.4 Å². The van der Waals surface area contributed by atoms with E-state index < -0.39 is 0 Å². The fourth-order valence-electron chi connectivity index (χ4n) is 1.99. The second-order valence-electron chi connectivity index (χ2n) is 4.74. The molecule has 2 aromatic rings. The molecule has 0 aliphatic heterocycles. The Kier molecular flexibility index (Phi) is 8.10. The number of fused-ring (bicyclic) bond motifs is 1. The number of halogens is 1. The lowest BCUT2D eigenvalue weighted by Crippen LogP contribution is -2.43. The van der Waals surface area contributed by atoms with Gasteiger partial charge in [0.25, 0.3) is 0 Å². The summed E-state index contributed by atoms with van der Waals surface area (Å²) >= 11 is 0. The molecule has 1 unspecified atom stereocenters. The van der Waals surface area contributed by atoms with Gasteiger partial charge in [0.1, 0.15) is 6.54 Å². The number of guanidine groups is 1. The van der Waals surface area contributed by atoms with Crippen molar-refractivity contribution in [1.29, 1.82) is 0 Å². The van der Waals surface area contributed by atoms with Crippen LogP contribution >= 0.6 is 24.0 Å². The van der Waals surface area contributed by atoms with E-state index >= 15 is 0 Å². The Morgan fingerprint density at radius 1 is 1.41 bits per heavy atom. The Balaban J connectivity index is 0.00000242. The van der Waals surface area contributed by atoms with Crippen LogP contribution in [0, 0.1) is 0 Å². The highest BCUT2D eigenvalue weighted by Crippen LogP contribution is 2.03. The van der Waals surface area contributed by atoms with Crippen molar-refractivity contribution in [2.24, 2.45) is 4.99 Å². The summed E-state index contributed by atoms with van der Waals surface area (Å²) < 4.78 is 7.06. The lowest BCUT2D eigenvalue weighted by molar-refractivity contribution is 0.179. The van der Waals surface area contributed by atoms with Crippen LogP contribution in [0.5, 0.6) is 0 Å². The summed E-state index contributed by atoms with van der Waals surface area (Å²) in [6, 6.07) is 6.00. The van der Waals surface area contributed by atoms with Gasteiger partial charge in [0.15, 0.2) is 17.4 Å². The van der Waals surface area contributed by atoms with E-state index in [9.17, 15) is 0 Å². The molecule has 0 aromatic carbocycles. The second kappa shape index (κ2) is 9.57. The van der Waals surface area contributed by atoms with Gasteiger partial charge in [-0.3, -0.25) is 4.40 Å². The SMILES string of the molecule is CCNC(=NCc1nnc2ccccn12)NC(C)COC.I. The highest BCUT2D eigenvalue weighted by Gasteiger charge is 2.07. The minimum absolute atomic E-state index is 0. The number of aliphatic imine (C=N–C) groups is 1. The number of ether oxygens (including phenoxy) is 1. The van der Waals surface area contributed by atoms with E-state index in [1.807, 2.05) is 42.6 Å². The molecule has 2 aromatic heterocycles. The van der Waals surface area contributed by atoms with Crippen molar-refractivity contribution < 1.29 is 4.74 Å². The van der Waals surface area contributed by atoms with Gasteiger partial charge in [-0.25, -0.2) is 4.99 Å². The molecule has 0 aliphatic rings. The van der Waals surface area contributed by atoms with E-state index in [0.29, 0.717) is 13.2 Å². The first-order valence-corrected chi connectivity index (χ1v) is 7.07. The molecule has 7 nitrogen and oxygen atoms in total. The topological polar surface area (TPSA) is 75.8 Å². The fourth-order valence-corrected chi connectivity index (χ4v) is 1.99. The van der Waals surface area contributed by atoms with Crippen molar-refractivity contribution in [3.8, 4) is 0 Å². The number of nitrogens with one attached hydrogen (secondary N) is 2. The van der Waals surface area contributed by atoms with Crippen molar-refractivity contribution in [3.05, 3.63) is 30.2 Å². The van der Waals surface area contributed by atoms with Gasteiger partial charge in [-0.15, -0.1) is 34.2 Å². The van der Waals surface area contributed by atoms with Gasteiger partial charge in [0, 0.05) is 25.9 Å². The predicted molar refractivity (Wildman–Crippen MR) is 97.7 cm³/mol. The summed E-state index contributed by atoms with van der Waals surface area (Å²) in [7, 11) is 1.69. The Morgan fingerprint density at radius 3 is 2.95 bits per heavy atom. The maximum atomic E-state index is 5.12. The molecular formula is C14H23IN6O. The molecule has 8 heteroatoms. The van der Waals surface area contributed by atoms with Gasteiger partial charge in [-0.1, -0.05) is 6.07 Å². The largest absolute Gasteiger partial charge is 0.383 e. The molecule has 1 atom stereocenters. The average molecular weight is 418 g/mol. The van der Waals surface area contributed by atoms with E-state index in [-0.39, 0.29) is 30.0 Å². The van der Waals surface area contributed by atoms with Crippen LogP contribution in [-0.4, -0.2) is 46.9 Å². The zero-order chi connectivity index (χ0) is 15.1. The van der Waals surface area contributed by atoms with Gasteiger partial charge < -0.3 is 15.4 Å². The standard InChI is InChI=1S/C14H22N6O.HI/c1-4-15-14(17-11(2)10-21-3)16-9-13-19-18-12-7-5-6-8-20(12)13;/h5-8,11H,4,9-10H2,1-3H3,(H2,15,16,17);1H. The first-order valence-electron chi connectivity index (χ1n) is 7.07. The number of hydrogen-bond acceptors (Lipinski definition) is 4. The van der Waals surface area contributed by atoms with E-state index in [2.05, 4.69) is 25.8 Å². The molecule has 0 bridgehead atoms. The molecule has 122 valence electrons. The molecule has 0 radical (unpaired) electrons. The van der Waals surface area contributed by atoms with Gasteiger partial charge in [-0.05, 0) is 26.0 Å². The third kappa shape index (κ3) is 5.09. The Labute approximate surface area is 147 Å². The molecule has 0 spiro atoms. The van der Waals surface area contributed by atoms with Crippen LogP contribution in [0.3, 0.4) is 0 Å². The van der Waals surface area contributed by atoms with E-state index in [1.54, 1.807) is 7.11 Å². The molecule has 22 heavy (non-hydrogen) atoms. The smallest absolute Gasteiger partial charge is 0.191 e. The summed E-state index contributed by atoms with van der Waals surface area (Å²) in [5.74, 6) is 1.55. The number of methoxy groups -OCH3 is 1. The quantitative estimate of drug-likeness (QED) is 0.422. The number of aromatic nitrogens is 3. The number of nitrogens with zero attached hydrogens (tertiary/aromatic N) is 4. The molecule has 2 N–H and O–H groups in total. The molecule has 0 aliphatic carbocycles. The van der Waals surface area contributed by atoms with Gasteiger partial charge >= 0.3 is 0 Å². The molecule has 2 rings (SSSR count). The van der Waals surface area contributed by atoms with Crippen molar-refractivity contribution >= 4 is 35.6 Å². The third-order valence-corrected chi connectivity index (χ3v) is 2.91. The third-order valence-electron chi connectivity index (χ3n) is 2.91. The number of pyridine rings is 1.